The zero-order valence-electron chi connectivity index (χ0n) is 11.6. The van der Waals surface area contributed by atoms with Gasteiger partial charge in [-0.05, 0) is 13.3 Å². The summed E-state index contributed by atoms with van der Waals surface area (Å²) in [6, 6.07) is 0. The number of thiazole rings is 1. The topological polar surface area (TPSA) is 51.7 Å². The van der Waals surface area contributed by atoms with Crippen molar-refractivity contribution in [2.45, 2.75) is 39.0 Å². The summed E-state index contributed by atoms with van der Waals surface area (Å²) >= 11 is 1.69. The molecule has 1 aromatic rings. The third kappa shape index (κ3) is 3.75. The van der Waals surface area contributed by atoms with E-state index < -0.39 is 6.10 Å². The Balaban J connectivity index is 1.97. The highest BCUT2D eigenvalue weighted by Gasteiger charge is 2.31. The maximum Gasteiger partial charge on any atom is 0.336 e. The van der Waals surface area contributed by atoms with Gasteiger partial charge < -0.3 is 9.47 Å². The van der Waals surface area contributed by atoms with Crippen molar-refractivity contribution >= 4 is 17.3 Å². The number of esters is 1. The van der Waals surface area contributed by atoms with Crippen LogP contribution in [0.15, 0.2) is 5.38 Å². The van der Waals surface area contributed by atoms with Gasteiger partial charge >= 0.3 is 5.97 Å². The van der Waals surface area contributed by atoms with Crippen LogP contribution >= 0.6 is 11.3 Å². The Morgan fingerprint density at radius 3 is 3.05 bits per heavy atom. The second-order valence-electron chi connectivity index (χ2n) is 4.74. The van der Waals surface area contributed by atoms with E-state index in [1.54, 1.807) is 11.3 Å². The van der Waals surface area contributed by atoms with E-state index in [1.165, 1.54) is 7.11 Å². The highest BCUT2D eigenvalue weighted by molar-refractivity contribution is 7.09. The third-order valence-electron chi connectivity index (χ3n) is 3.09. The largest absolute Gasteiger partial charge is 0.467 e. The van der Waals surface area contributed by atoms with Crippen molar-refractivity contribution in [1.82, 2.24) is 9.88 Å². The van der Waals surface area contributed by atoms with Crippen LogP contribution in [0.25, 0.3) is 0 Å². The van der Waals surface area contributed by atoms with E-state index in [0.29, 0.717) is 6.54 Å². The molecule has 1 fully saturated rings. The van der Waals surface area contributed by atoms with Crippen LogP contribution < -0.4 is 0 Å². The average Bonchev–Trinajstić information content (AvgIpc) is 2.84. The Bertz CT molecular complexity index is 435. The van der Waals surface area contributed by atoms with Gasteiger partial charge in [-0.1, -0.05) is 6.92 Å². The monoisotopic (exact) mass is 284 g/mol. The molecule has 2 atom stereocenters. The van der Waals surface area contributed by atoms with Crippen LogP contribution in [0.5, 0.6) is 0 Å². The number of aryl methyl sites for hydroxylation is 1. The number of aromatic nitrogens is 1. The normalized spacial score (nSPS) is 24.4. The van der Waals surface area contributed by atoms with Crippen molar-refractivity contribution in [2.24, 2.45) is 0 Å². The van der Waals surface area contributed by atoms with Crippen LogP contribution in [0.1, 0.15) is 24.5 Å². The molecule has 6 heteroatoms. The molecule has 5 nitrogen and oxygen atoms in total. The molecule has 0 radical (unpaired) electrons. The van der Waals surface area contributed by atoms with Crippen LogP contribution in [0.2, 0.25) is 0 Å². The Morgan fingerprint density at radius 1 is 1.63 bits per heavy atom. The average molecular weight is 284 g/mol. The molecule has 1 aromatic heterocycles. The number of hydrogen-bond donors (Lipinski definition) is 0. The summed E-state index contributed by atoms with van der Waals surface area (Å²) in [6.45, 7) is 6.22. The number of hydrogen-bond acceptors (Lipinski definition) is 6. The zero-order chi connectivity index (χ0) is 13.8. The molecule has 0 spiro atoms. The van der Waals surface area contributed by atoms with Crippen LogP contribution in [0, 0.1) is 0 Å². The molecule has 0 bridgehead atoms. The van der Waals surface area contributed by atoms with E-state index in [1.807, 2.05) is 6.92 Å². The lowest BCUT2D eigenvalue weighted by atomic mass is 10.2. The number of methoxy groups -OCH3 is 1. The quantitative estimate of drug-likeness (QED) is 0.784. The van der Waals surface area contributed by atoms with Crippen molar-refractivity contribution in [3.8, 4) is 0 Å². The first-order chi connectivity index (χ1) is 9.12. The maximum absolute atomic E-state index is 11.6. The highest BCUT2D eigenvalue weighted by Crippen LogP contribution is 2.17. The van der Waals surface area contributed by atoms with Crippen molar-refractivity contribution in [3.05, 3.63) is 16.1 Å². The Kier molecular flexibility index (Phi) is 4.90. The number of rotatable bonds is 4. The molecular weight excluding hydrogens is 264 g/mol. The Morgan fingerprint density at radius 2 is 2.42 bits per heavy atom. The van der Waals surface area contributed by atoms with Gasteiger partial charge in [0.2, 0.25) is 0 Å². The standard InChI is InChI=1S/C13H20N2O3S/c1-4-12-14-10(8-19-12)6-15-5-9(2)18-11(7-15)13(16)17-3/h8-9,11H,4-7H2,1-3H3/t9-,11-/m1/s1. The molecule has 106 valence electrons. The number of ether oxygens (including phenoxy) is 2. The van der Waals surface area contributed by atoms with E-state index in [0.717, 1.165) is 30.2 Å². The molecule has 2 rings (SSSR count). The molecule has 1 aliphatic heterocycles. The molecule has 1 saturated heterocycles. The van der Waals surface area contributed by atoms with Crippen LogP contribution in [0.3, 0.4) is 0 Å². The molecule has 1 aliphatic rings. The van der Waals surface area contributed by atoms with Gasteiger partial charge in [0.25, 0.3) is 0 Å². The lowest BCUT2D eigenvalue weighted by Crippen LogP contribution is -2.49. The number of carbonyl (C=O) groups excluding carboxylic acids is 1. The summed E-state index contributed by atoms with van der Waals surface area (Å²) in [5.74, 6) is -0.302. The highest BCUT2D eigenvalue weighted by atomic mass is 32.1. The summed E-state index contributed by atoms with van der Waals surface area (Å²) in [5.41, 5.74) is 1.07. The predicted octanol–water partition coefficient (Wildman–Crippen LogP) is 1.47. The lowest BCUT2D eigenvalue weighted by molar-refractivity contribution is -0.166. The van der Waals surface area contributed by atoms with Crippen molar-refractivity contribution in [3.63, 3.8) is 0 Å². The minimum Gasteiger partial charge on any atom is -0.467 e. The first-order valence-electron chi connectivity index (χ1n) is 6.51. The molecule has 0 N–H and O–H groups in total. The molecular formula is C13H20N2O3S. The second kappa shape index (κ2) is 6.45. The van der Waals surface area contributed by atoms with E-state index in [9.17, 15) is 4.79 Å². The maximum atomic E-state index is 11.6. The third-order valence-corrected chi connectivity index (χ3v) is 4.13. The molecule has 0 saturated carbocycles. The summed E-state index contributed by atoms with van der Waals surface area (Å²) < 4.78 is 10.4. The van der Waals surface area contributed by atoms with E-state index in [2.05, 4.69) is 22.2 Å². The van der Waals surface area contributed by atoms with Gasteiger partial charge in [0.1, 0.15) is 0 Å². The molecule has 0 aromatic carbocycles. The van der Waals surface area contributed by atoms with Gasteiger partial charge in [0, 0.05) is 25.0 Å². The van der Waals surface area contributed by atoms with E-state index >= 15 is 0 Å². The number of carbonyl (C=O) groups is 1. The fourth-order valence-electron chi connectivity index (χ4n) is 2.24. The van der Waals surface area contributed by atoms with Crippen molar-refractivity contribution < 1.29 is 14.3 Å². The van der Waals surface area contributed by atoms with E-state index in [-0.39, 0.29) is 12.1 Å². The molecule has 0 unspecified atom stereocenters. The molecule has 19 heavy (non-hydrogen) atoms. The van der Waals surface area contributed by atoms with E-state index in [4.69, 9.17) is 9.47 Å². The minimum absolute atomic E-state index is 0.0298. The summed E-state index contributed by atoms with van der Waals surface area (Å²) in [6.07, 6.45) is 0.509. The predicted molar refractivity (Wildman–Crippen MR) is 73.1 cm³/mol. The lowest BCUT2D eigenvalue weighted by Gasteiger charge is -2.34. The number of nitrogens with zero attached hydrogens (tertiary/aromatic N) is 2. The minimum atomic E-state index is -0.488. The molecule has 0 amide bonds. The fourth-order valence-corrected chi connectivity index (χ4v) is 2.98. The van der Waals surface area contributed by atoms with Gasteiger partial charge in [0.05, 0.1) is 23.9 Å². The number of morpholine rings is 1. The second-order valence-corrected chi connectivity index (χ2v) is 5.68. The van der Waals surface area contributed by atoms with Crippen LogP contribution in [0.4, 0.5) is 0 Å². The SMILES string of the molecule is CCc1nc(CN2C[C@@H](C)O[C@@H](C(=O)OC)C2)cs1. The fraction of sp³-hybridized carbons (Fsp3) is 0.692. The van der Waals surface area contributed by atoms with Gasteiger partial charge in [-0.15, -0.1) is 11.3 Å². The molecule has 2 heterocycles. The molecule has 0 aliphatic carbocycles. The van der Waals surface area contributed by atoms with Crippen LogP contribution in [-0.2, 0) is 27.2 Å². The van der Waals surface area contributed by atoms with Crippen molar-refractivity contribution in [2.75, 3.05) is 20.2 Å². The summed E-state index contributed by atoms with van der Waals surface area (Å²) in [5, 5.41) is 3.24. The Labute approximate surface area is 117 Å². The van der Waals surface area contributed by atoms with Crippen molar-refractivity contribution in [1.29, 1.82) is 0 Å². The first kappa shape index (κ1) is 14.4. The summed E-state index contributed by atoms with van der Waals surface area (Å²) in [7, 11) is 1.39. The Hall–Kier alpha value is -0.980. The van der Waals surface area contributed by atoms with Crippen LogP contribution in [-0.4, -0.2) is 48.3 Å². The van der Waals surface area contributed by atoms with Gasteiger partial charge in [-0.2, -0.15) is 0 Å². The summed E-state index contributed by atoms with van der Waals surface area (Å²) in [4.78, 5) is 18.3. The smallest absolute Gasteiger partial charge is 0.336 e. The van der Waals surface area contributed by atoms with Gasteiger partial charge in [-0.3, -0.25) is 4.90 Å². The van der Waals surface area contributed by atoms with Gasteiger partial charge in [-0.25, -0.2) is 9.78 Å². The van der Waals surface area contributed by atoms with Gasteiger partial charge in [0.15, 0.2) is 6.10 Å². The first-order valence-corrected chi connectivity index (χ1v) is 7.39. The zero-order valence-corrected chi connectivity index (χ0v) is 12.4.